The fourth-order valence-electron chi connectivity index (χ4n) is 4.35. The maximum atomic E-state index is 13.6. The zero-order valence-electron chi connectivity index (χ0n) is 22.0. The Kier molecular flexibility index (Phi) is 8.26. The van der Waals surface area contributed by atoms with Crippen molar-refractivity contribution in [3.63, 3.8) is 0 Å². The summed E-state index contributed by atoms with van der Waals surface area (Å²) in [4.78, 5) is 5.37. The van der Waals surface area contributed by atoms with E-state index in [1.807, 2.05) is 0 Å². The molecule has 0 atom stereocenters. The lowest BCUT2D eigenvalue weighted by Crippen LogP contribution is -2.15. The highest BCUT2D eigenvalue weighted by atomic mass is 19.4. The predicted molar refractivity (Wildman–Crippen MR) is 131 cm³/mol. The zero-order valence-corrected chi connectivity index (χ0v) is 22.0. The Balaban J connectivity index is 2.15. The fourth-order valence-corrected chi connectivity index (χ4v) is 4.35. The molecule has 4 nitrogen and oxygen atoms in total. The van der Waals surface area contributed by atoms with Crippen molar-refractivity contribution in [1.29, 1.82) is 0 Å². The van der Waals surface area contributed by atoms with Crippen molar-refractivity contribution in [2.75, 3.05) is 14.2 Å². The van der Waals surface area contributed by atoms with Gasteiger partial charge in [-0.05, 0) is 58.7 Å². The van der Waals surface area contributed by atoms with Crippen LogP contribution in [0.5, 0.6) is 11.5 Å². The molecule has 0 saturated heterocycles. The predicted octanol–water partition coefficient (Wildman–Crippen LogP) is 9.57. The molecule has 0 saturated carbocycles. The molecule has 0 unspecified atom stereocenters. The smallest absolute Gasteiger partial charge is 0.433 e. The van der Waals surface area contributed by atoms with Crippen LogP contribution in [-0.2, 0) is 24.7 Å². The summed E-state index contributed by atoms with van der Waals surface area (Å²) < 4.78 is 174. The molecule has 16 heteroatoms. The first-order valence-corrected chi connectivity index (χ1v) is 11.9. The van der Waals surface area contributed by atoms with Crippen LogP contribution >= 0.6 is 0 Å². The van der Waals surface area contributed by atoms with Crippen molar-refractivity contribution in [2.45, 2.75) is 24.7 Å². The van der Waals surface area contributed by atoms with Crippen LogP contribution in [0.1, 0.15) is 22.8 Å². The number of rotatable bonds is 5. The third-order valence-electron chi connectivity index (χ3n) is 6.18. The van der Waals surface area contributed by atoms with Crippen molar-refractivity contribution < 1.29 is 62.2 Å². The van der Waals surface area contributed by atoms with Gasteiger partial charge in [-0.2, -0.15) is 52.7 Å². The molecule has 0 bridgehead atoms. The van der Waals surface area contributed by atoms with E-state index in [1.54, 1.807) is 0 Å². The minimum Gasteiger partial charge on any atom is -0.496 e. The van der Waals surface area contributed by atoms with Crippen LogP contribution in [-0.4, -0.2) is 24.2 Å². The van der Waals surface area contributed by atoms with E-state index in [1.165, 1.54) is 24.3 Å². The molecule has 4 rings (SSSR count). The second kappa shape index (κ2) is 11.2. The Morgan fingerprint density at radius 3 is 0.955 bits per heavy atom. The van der Waals surface area contributed by atoms with Gasteiger partial charge in [0.05, 0.1) is 14.2 Å². The molecule has 2 heterocycles. The quantitative estimate of drug-likeness (QED) is 0.204. The lowest BCUT2D eigenvalue weighted by molar-refractivity contribution is -0.151. The molecule has 0 radical (unpaired) electrons. The van der Waals surface area contributed by atoms with E-state index in [4.69, 9.17) is 9.47 Å². The SMILES string of the molecule is COc1cccc(-c2cc(C(F)(F)F)nc(C(F)(F)F)c2)c1-c1c(OC)cccc1-c1cc(C(F)(F)F)nc(C(F)(F)F)c1. The standard InChI is InChI=1S/C28H16F12N2O2/c1-43-17-7-3-5-15(13-9-19(25(29,30)31)41-20(10-13)26(32,33)34)23(17)24-16(6-4-8-18(24)44-2)14-11-21(27(35,36)37)42-22(12-14)28(38,39)40/h3-12H,1-2H3. The number of aromatic nitrogens is 2. The van der Waals surface area contributed by atoms with Crippen molar-refractivity contribution in [3.05, 3.63) is 83.4 Å². The van der Waals surface area contributed by atoms with E-state index in [2.05, 4.69) is 9.97 Å². The Morgan fingerprint density at radius 2 is 0.727 bits per heavy atom. The average Bonchev–Trinajstić information content (AvgIpc) is 2.94. The molecule has 0 N–H and O–H groups in total. The van der Waals surface area contributed by atoms with E-state index in [9.17, 15) is 52.7 Å². The summed E-state index contributed by atoms with van der Waals surface area (Å²) in [6.07, 6.45) is -21.3. The number of alkyl halides is 12. The third-order valence-corrected chi connectivity index (χ3v) is 6.18. The Morgan fingerprint density at radius 1 is 0.455 bits per heavy atom. The topological polar surface area (TPSA) is 44.2 Å². The number of hydrogen-bond acceptors (Lipinski definition) is 4. The summed E-state index contributed by atoms with van der Waals surface area (Å²) >= 11 is 0. The second-order valence-electron chi connectivity index (χ2n) is 9.01. The lowest BCUT2D eigenvalue weighted by Gasteiger charge is -2.22. The number of benzene rings is 2. The van der Waals surface area contributed by atoms with E-state index in [0.29, 0.717) is 24.3 Å². The highest BCUT2D eigenvalue weighted by molar-refractivity contribution is 5.97. The van der Waals surface area contributed by atoms with Gasteiger partial charge in [-0.1, -0.05) is 24.3 Å². The highest BCUT2D eigenvalue weighted by Crippen LogP contribution is 2.49. The van der Waals surface area contributed by atoms with Gasteiger partial charge < -0.3 is 9.47 Å². The summed E-state index contributed by atoms with van der Waals surface area (Å²) in [5.74, 6) is -0.429. The van der Waals surface area contributed by atoms with E-state index >= 15 is 0 Å². The van der Waals surface area contributed by atoms with Gasteiger partial charge in [0.15, 0.2) is 0 Å². The minimum absolute atomic E-state index is 0.215. The van der Waals surface area contributed by atoms with Gasteiger partial charge >= 0.3 is 24.7 Å². The van der Waals surface area contributed by atoms with E-state index in [-0.39, 0.29) is 33.8 Å². The Bertz CT molecular complexity index is 1500. The van der Waals surface area contributed by atoms with Gasteiger partial charge in [0, 0.05) is 11.1 Å². The first-order valence-electron chi connectivity index (χ1n) is 11.9. The summed E-state index contributed by atoms with van der Waals surface area (Å²) in [6, 6.07) is 8.36. The molecular formula is C28H16F12N2O2. The van der Waals surface area contributed by atoms with Gasteiger partial charge in [0.25, 0.3) is 0 Å². The highest BCUT2D eigenvalue weighted by Gasteiger charge is 2.41. The third kappa shape index (κ3) is 6.53. The molecule has 2 aromatic heterocycles. The molecule has 0 aliphatic rings. The largest absolute Gasteiger partial charge is 0.496 e. The van der Waals surface area contributed by atoms with Crippen molar-refractivity contribution in [2.24, 2.45) is 0 Å². The molecule has 0 spiro atoms. The Labute approximate surface area is 239 Å². The monoisotopic (exact) mass is 640 g/mol. The van der Waals surface area contributed by atoms with Gasteiger partial charge in [-0.15, -0.1) is 0 Å². The van der Waals surface area contributed by atoms with Gasteiger partial charge in [0.2, 0.25) is 0 Å². The average molecular weight is 640 g/mol. The molecule has 0 fully saturated rings. The van der Waals surface area contributed by atoms with Crippen LogP contribution in [0.15, 0.2) is 60.7 Å². The van der Waals surface area contributed by atoms with Crippen molar-refractivity contribution >= 4 is 0 Å². The summed E-state index contributed by atoms with van der Waals surface area (Å²) in [5, 5.41) is 0. The van der Waals surface area contributed by atoms with Crippen LogP contribution in [0.2, 0.25) is 0 Å². The minimum atomic E-state index is -5.33. The molecule has 0 aliphatic heterocycles. The summed E-state index contributed by atoms with van der Waals surface area (Å²) in [7, 11) is 2.17. The molecule has 4 aromatic rings. The van der Waals surface area contributed by atoms with Gasteiger partial charge in [-0.25, -0.2) is 9.97 Å². The number of methoxy groups -OCH3 is 2. The first-order chi connectivity index (χ1) is 20.3. The zero-order chi connectivity index (χ0) is 32.8. The number of pyridine rings is 2. The second-order valence-corrected chi connectivity index (χ2v) is 9.01. The summed E-state index contributed by atoms with van der Waals surface area (Å²) in [5.41, 5.74) is -10.3. The van der Waals surface area contributed by atoms with Crippen LogP contribution in [0.4, 0.5) is 52.7 Å². The van der Waals surface area contributed by atoms with Crippen molar-refractivity contribution in [3.8, 4) is 44.9 Å². The summed E-state index contributed by atoms with van der Waals surface area (Å²) in [6.45, 7) is 0. The first kappa shape index (κ1) is 32.4. The Hall–Kier alpha value is -4.50. The molecule has 234 valence electrons. The number of ether oxygens (including phenoxy) is 2. The van der Waals surface area contributed by atoms with E-state index < -0.39 is 58.6 Å². The van der Waals surface area contributed by atoms with Crippen LogP contribution in [0, 0.1) is 0 Å². The molecular weight excluding hydrogens is 624 g/mol. The fraction of sp³-hybridized carbons (Fsp3) is 0.214. The lowest BCUT2D eigenvalue weighted by atomic mass is 9.87. The maximum absolute atomic E-state index is 13.6. The van der Waals surface area contributed by atoms with Crippen LogP contribution in [0.3, 0.4) is 0 Å². The number of nitrogens with zero attached hydrogens (tertiary/aromatic N) is 2. The van der Waals surface area contributed by atoms with Crippen molar-refractivity contribution in [1.82, 2.24) is 9.97 Å². The number of hydrogen-bond donors (Lipinski definition) is 0. The molecule has 2 aromatic carbocycles. The normalized spacial score (nSPS) is 12.8. The van der Waals surface area contributed by atoms with E-state index in [0.717, 1.165) is 26.4 Å². The molecule has 0 amide bonds. The van der Waals surface area contributed by atoms with Gasteiger partial charge in [-0.3, -0.25) is 0 Å². The molecule has 44 heavy (non-hydrogen) atoms. The van der Waals surface area contributed by atoms with Crippen LogP contribution < -0.4 is 9.47 Å². The number of halogens is 12. The molecule has 0 aliphatic carbocycles. The van der Waals surface area contributed by atoms with Gasteiger partial charge in [0.1, 0.15) is 34.3 Å². The van der Waals surface area contributed by atoms with Crippen LogP contribution in [0.25, 0.3) is 33.4 Å². The maximum Gasteiger partial charge on any atom is 0.433 e.